The summed E-state index contributed by atoms with van der Waals surface area (Å²) < 4.78 is 5.29. The van der Waals surface area contributed by atoms with Gasteiger partial charge < -0.3 is 4.74 Å². The lowest BCUT2D eigenvalue weighted by Gasteiger charge is -2.10. The van der Waals surface area contributed by atoms with Crippen molar-refractivity contribution in [2.75, 3.05) is 0 Å². The standard InChI is InChI=1S/C19H26O2/c1-3-4-5-6-7-11-14-19(21-17(2)20)16-15-18-12-9-8-10-13-18/h8-10,12-13,19H,3-7,15-16H2,1-2H3/t19-/m0/s1. The molecule has 1 aromatic rings. The van der Waals surface area contributed by atoms with Crippen LogP contribution in [0.4, 0.5) is 0 Å². The van der Waals surface area contributed by atoms with Crippen LogP contribution < -0.4 is 0 Å². The topological polar surface area (TPSA) is 26.3 Å². The maximum Gasteiger partial charge on any atom is 0.303 e. The maximum atomic E-state index is 11.1. The lowest BCUT2D eigenvalue weighted by atomic mass is 10.1. The number of carbonyl (C=O) groups is 1. The van der Waals surface area contributed by atoms with Gasteiger partial charge in [0.25, 0.3) is 0 Å². The van der Waals surface area contributed by atoms with E-state index in [1.54, 1.807) is 0 Å². The van der Waals surface area contributed by atoms with Crippen LogP contribution in [0.1, 0.15) is 57.9 Å². The first-order valence-corrected chi connectivity index (χ1v) is 7.92. The molecule has 0 aliphatic heterocycles. The molecule has 0 amide bonds. The van der Waals surface area contributed by atoms with Crippen LogP contribution in [-0.2, 0) is 16.0 Å². The molecule has 0 bridgehead atoms. The summed E-state index contributed by atoms with van der Waals surface area (Å²) in [6, 6.07) is 10.2. The Balaban J connectivity index is 2.40. The molecule has 0 saturated heterocycles. The smallest absolute Gasteiger partial charge is 0.303 e. The van der Waals surface area contributed by atoms with E-state index in [-0.39, 0.29) is 12.1 Å². The summed E-state index contributed by atoms with van der Waals surface area (Å²) in [4.78, 5) is 11.1. The van der Waals surface area contributed by atoms with Crippen LogP contribution in [0, 0.1) is 11.8 Å². The summed E-state index contributed by atoms with van der Waals surface area (Å²) in [6.45, 7) is 3.64. The number of aryl methyl sites for hydroxylation is 1. The van der Waals surface area contributed by atoms with Gasteiger partial charge in [-0.3, -0.25) is 4.79 Å². The Labute approximate surface area is 128 Å². The third-order valence-corrected chi connectivity index (χ3v) is 3.26. The summed E-state index contributed by atoms with van der Waals surface area (Å²) in [6.07, 6.45) is 7.11. The monoisotopic (exact) mass is 286 g/mol. The van der Waals surface area contributed by atoms with Gasteiger partial charge in [0.05, 0.1) is 0 Å². The number of rotatable bonds is 8. The number of carbonyl (C=O) groups excluding carboxylic acids is 1. The average molecular weight is 286 g/mol. The van der Waals surface area contributed by atoms with E-state index in [1.807, 2.05) is 18.2 Å². The van der Waals surface area contributed by atoms with Gasteiger partial charge in [-0.15, -0.1) is 0 Å². The van der Waals surface area contributed by atoms with E-state index in [1.165, 1.54) is 31.7 Å². The zero-order chi connectivity index (χ0) is 15.3. The first-order valence-electron chi connectivity index (χ1n) is 7.92. The number of hydrogen-bond donors (Lipinski definition) is 0. The second kappa shape index (κ2) is 11.0. The Hall–Kier alpha value is -1.75. The van der Waals surface area contributed by atoms with Crippen molar-refractivity contribution in [3.8, 4) is 11.8 Å². The number of esters is 1. The normalized spacial score (nSPS) is 11.3. The van der Waals surface area contributed by atoms with Gasteiger partial charge >= 0.3 is 5.97 Å². The minimum atomic E-state index is -0.283. The van der Waals surface area contributed by atoms with Crippen LogP contribution in [0.3, 0.4) is 0 Å². The van der Waals surface area contributed by atoms with E-state index in [4.69, 9.17) is 4.74 Å². The molecular weight excluding hydrogens is 260 g/mol. The van der Waals surface area contributed by atoms with Crippen LogP contribution in [0.5, 0.6) is 0 Å². The Bertz CT molecular complexity index is 453. The van der Waals surface area contributed by atoms with E-state index in [0.29, 0.717) is 0 Å². The Morgan fingerprint density at radius 2 is 1.95 bits per heavy atom. The molecule has 0 aliphatic rings. The highest BCUT2D eigenvalue weighted by atomic mass is 16.5. The van der Waals surface area contributed by atoms with Gasteiger partial charge in [-0.2, -0.15) is 0 Å². The number of hydrogen-bond acceptors (Lipinski definition) is 2. The van der Waals surface area contributed by atoms with Gasteiger partial charge in [-0.25, -0.2) is 0 Å². The van der Waals surface area contributed by atoms with Crippen LogP contribution in [0.15, 0.2) is 30.3 Å². The molecular formula is C19H26O2. The molecule has 0 heterocycles. The largest absolute Gasteiger partial charge is 0.449 e. The molecule has 21 heavy (non-hydrogen) atoms. The summed E-state index contributed by atoms with van der Waals surface area (Å²) in [7, 11) is 0. The van der Waals surface area contributed by atoms with E-state index >= 15 is 0 Å². The highest BCUT2D eigenvalue weighted by Crippen LogP contribution is 2.08. The molecule has 114 valence electrons. The van der Waals surface area contributed by atoms with Gasteiger partial charge in [0, 0.05) is 13.3 Å². The molecule has 0 spiro atoms. The van der Waals surface area contributed by atoms with Crippen LogP contribution in [0.25, 0.3) is 0 Å². The van der Waals surface area contributed by atoms with Crippen LogP contribution >= 0.6 is 0 Å². The molecule has 1 atom stereocenters. The van der Waals surface area contributed by atoms with Crippen LogP contribution in [-0.4, -0.2) is 12.1 Å². The highest BCUT2D eigenvalue weighted by Gasteiger charge is 2.08. The lowest BCUT2D eigenvalue weighted by molar-refractivity contribution is -0.143. The quantitative estimate of drug-likeness (QED) is 0.399. The van der Waals surface area contributed by atoms with Crippen molar-refractivity contribution in [1.29, 1.82) is 0 Å². The first kappa shape index (κ1) is 17.3. The molecule has 2 nitrogen and oxygen atoms in total. The van der Waals surface area contributed by atoms with Gasteiger partial charge in [-0.05, 0) is 24.8 Å². The SMILES string of the molecule is CCCCCCC#C[C@@H](CCc1ccccc1)OC(C)=O. The van der Waals surface area contributed by atoms with E-state index in [0.717, 1.165) is 25.7 Å². The summed E-state index contributed by atoms with van der Waals surface area (Å²) in [5, 5.41) is 0. The third-order valence-electron chi connectivity index (χ3n) is 3.26. The number of benzene rings is 1. The highest BCUT2D eigenvalue weighted by molar-refractivity contribution is 5.66. The Kier molecular flexibility index (Phi) is 9.04. The predicted molar refractivity (Wildman–Crippen MR) is 86.9 cm³/mol. The maximum absolute atomic E-state index is 11.1. The zero-order valence-corrected chi connectivity index (χ0v) is 13.2. The lowest BCUT2D eigenvalue weighted by Crippen LogP contribution is -2.15. The molecule has 0 N–H and O–H groups in total. The molecule has 0 aliphatic carbocycles. The van der Waals surface area contributed by atoms with Crippen molar-refractivity contribution in [2.45, 2.75) is 64.9 Å². The average Bonchev–Trinajstić information content (AvgIpc) is 2.48. The fraction of sp³-hybridized carbons (Fsp3) is 0.526. The summed E-state index contributed by atoms with van der Waals surface area (Å²) in [5.74, 6) is 6.01. The molecule has 0 aromatic heterocycles. The molecule has 1 rings (SSSR count). The van der Waals surface area contributed by atoms with E-state index in [9.17, 15) is 4.79 Å². The second-order valence-electron chi connectivity index (χ2n) is 5.25. The molecule has 0 fully saturated rings. The molecule has 0 radical (unpaired) electrons. The Morgan fingerprint density at radius 1 is 1.19 bits per heavy atom. The minimum absolute atomic E-state index is 0.256. The van der Waals surface area contributed by atoms with Crippen LogP contribution in [0.2, 0.25) is 0 Å². The first-order chi connectivity index (χ1) is 10.2. The molecule has 0 saturated carbocycles. The summed E-state index contributed by atoms with van der Waals surface area (Å²) in [5.41, 5.74) is 1.25. The molecule has 0 unspecified atom stereocenters. The second-order valence-corrected chi connectivity index (χ2v) is 5.25. The van der Waals surface area contributed by atoms with Crippen molar-refractivity contribution in [3.05, 3.63) is 35.9 Å². The number of ether oxygens (including phenoxy) is 1. The number of unbranched alkanes of at least 4 members (excludes halogenated alkanes) is 4. The van der Waals surface area contributed by atoms with Crippen molar-refractivity contribution in [2.24, 2.45) is 0 Å². The fourth-order valence-electron chi connectivity index (χ4n) is 2.13. The summed E-state index contributed by atoms with van der Waals surface area (Å²) >= 11 is 0. The van der Waals surface area contributed by atoms with E-state index < -0.39 is 0 Å². The van der Waals surface area contributed by atoms with Crippen molar-refractivity contribution in [3.63, 3.8) is 0 Å². The fourth-order valence-corrected chi connectivity index (χ4v) is 2.13. The van der Waals surface area contributed by atoms with Crippen molar-refractivity contribution >= 4 is 5.97 Å². The molecule has 1 aromatic carbocycles. The van der Waals surface area contributed by atoms with Crippen molar-refractivity contribution in [1.82, 2.24) is 0 Å². The van der Waals surface area contributed by atoms with E-state index in [2.05, 4.69) is 30.9 Å². The van der Waals surface area contributed by atoms with Gasteiger partial charge in [0.2, 0.25) is 0 Å². The third kappa shape index (κ3) is 8.92. The predicted octanol–water partition coefficient (Wildman–Crippen LogP) is 4.52. The van der Waals surface area contributed by atoms with Gasteiger partial charge in [0.15, 0.2) is 6.10 Å². The van der Waals surface area contributed by atoms with Gasteiger partial charge in [-0.1, -0.05) is 68.4 Å². The Morgan fingerprint density at radius 3 is 2.62 bits per heavy atom. The van der Waals surface area contributed by atoms with Crippen molar-refractivity contribution < 1.29 is 9.53 Å². The zero-order valence-electron chi connectivity index (χ0n) is 13.2. The molecule has 2 heteroatoms. The van der Waals surface area contributed by atoms with Gasteiger partial charge in [0.1, 0.15) is 0 Å². The minimum Gasteiger partial charge on any atom is -0.449 e.